The average Bonchev–Trinajstić information content (AvgIpc) is 2.99. The molecular formula is C18H17ClN2O3. The van der Waals surface area contributed by atoms with Crippen LogP contribution >= 0.6 is 11.6 Å². The van der Waals surface area contributed by atoms with Crippen molar-refractivity contribution in [2.75, 3.05) is 23.9 Å². The Labute approximate surface area is 145 Å². The first-order valence-electron chi connectivity index (χ1n) is 7.57. The first kappa shape index (κ1) is 16.3. The van der Waals surface area contributed by atoms with Crippen LogP contribution in [0.4, 0.5) is 11.4 Å². The Morgan fingerprint density at radius 1 is 1.25 bits per heavy atom. The highest BCUT2D eigenvalue weighted by Crippen LogP contribution is 2.28. The number of halogens is 1. The Kier molecular flexibility index (Phi) is 4.71. The summed E-state index contributed by atoms with van der Waals surface area (Å²) in [6, 6.07) is 14.1. The zero-order chi connectivity index (χ0) is 17.1. The lowest BCUT2D eigenvalue weighted by Crippen LogP contribution is -2.28. The number of hydrogen-bond donors (Lipinski definition) is 1. The van der Waals surface area contributed by atoms with Crippen molar-refractivity contribution in [3.63, 3.8) is 0 Å². The smallest absolute Gasteiger partial charge is 0.229 e. The van der Waals surface area contributed by atoms with E-state index in [1.54, 1.807) is 42.3 Å². The highest BCUT2D eigenvalue weighted by atomic mass is 35.5. The van der Waals surface area contributed by atoms with Crippen LogP contribution in [-0.4, -0.2) is 25.5 Å². The third-order valence-corrected chi connectivity index (χ3v) is 4.22. The summed E-state index contributed by atoms with van der Waals surface area (Å²) in [5.74, 6) is 0.0457. The highest BCUT2D eigenvalue weighted by molar-refractivity contribution is 6.30. The van der Waals surface area contributed by atoms with Gasteiger partial charge in [0.1, 0.15) is 5.75 Å². The van der Waals surface area contributed by atoms with Crippen LogP contribution in [0.3, 0.4) is 0 Å². The van der Waals surface area contributed by atoms with Gasteiger partial charge < -0.3 is 15.0 Å². The van der Waals surface area contributed by atoms with Crippen molar-refractivity contribution < 1.29 is 14.3 Å². The first-order valence-corrected chi connectivity index (χ1v) is 7.95. The van der Waals surface area contributed by atoms with Crippen LogP contribution in [0.5, 0.6) is 5.75 Å². The van der Waals surface area contributed by atoms with Gasteiger partial charge in [-0.1, -0.05) is 17.7 Å². The molecule has 0 bridgehead atoms. The maximum atomic E-state index is 12.4. The van der Waals surface area contributed by atoms with Crippen molar-refractivity contribution in [2.24, 2.45) is 5.92 Å². The third kappa shape index (κ3) is 3.51. The summed E-state index contributed by atoms with van der Waals surface area (Å²) in [6.45, 7) is 0.353. The number of anilines is 2. The minimum atomic E-state index is -0.389. The van der Waals surface area contributed by atoms with Crippen LogP contribution in [0.1, 0.15) is 6.42 Å². The van der Waals surface area contributed by atoms with E-state index in [1.165, 1.54) is 0 Å². The fourth-order valence-corrected chi connectivity index (χ4v) is 2.81. The van der Waals surface area contributed by atoms with Crippen LogP contribution < -0.4 is 15.0 Å². The predicted octanol–water partition coefficient (Wildman–Crippen LogP) is 3.34. The van der Waals surface area contributed by atoms with E-state index in [1.807, 2.05) is 18.2 Å². The van der Waals surface area contributed by atoms with Gasteiger partial charge in [-0.3, -0.25) is 9.59 Å². The molecule has 0 spiro atoms. The van der Waals surface area contributed by atoms with Crippen molar-refractivity contribution >= 4 is 34.8 Å². The van der Waals surface area contributed by atoms with E-state index < -0.39 is 0 Å². The van der Waals surface area contributed by atoms with Gasteiger partial charge in [-0.05, 0) is 36.4 Å². The Morgan fingerprint density at radius 3 is 2.71 bits per heavy atom. The Hall–Kier alpha value is -2.53. The fraction of sp³-hybridized carbons (Fsp3) is 0.222. The van der Waals surface area contributed by atoms with E-state index >= 15 is 0 Å². The molecule has 124 valence electrons. The first-order chi connectivity index (χ1) is 11.6. The average molecular weight is 345 g/mol. The van der Waals surface area contributed by atoms with Gasteiger partial charge in [0.2, 0.25) is 11.8 Å². The van der Waals surface area contributed by atoms with Crippen molar-refractivity contribution in [1.82, 2.24) is 0 Å². The molecule has 3 rings (SSSR count). The second kappa shape index (κ2) is 6.93. The molecule has 24 heavy (non-hydrogen) atoms. The Morgan fingerprint density at radius 2 is 2.00 bits per heavy atom. The molecule has 6 heteroatoms. The van der Waals surface area contributed by atoms with Gasteiger partial charge in [0.25, 0.3) is 0 Å². The van der Waals surface area contributed by atoms with Gasteiger partial charge in [-0.2, -0.15) is 0 Å². The molecule has 0 radical (unpaired) electrons. The minimum absolute atomic E-state index is 0.0699. The number of nitrogens with one attached hydrogen (secondary N) is 1. The number of nitrogens with zero attached hydrogens (tertiary/aromatic N) is 1. The lowest BCUT2D eigenvalue weighted by atomic mass is 10.1. The molecular weight excluding hydrogens is 328 g/mol. The molecule has 1 fully saturated rings. The van der Waals surface area contributed by atoms with Crippen LogP contribution in [0.15, 0.2) is 48.5 Å². The quantitative estimate of drug-likeness (QED) is 0.925. The minimum Gasteiger partial charge on any atom is -0.497 e. The summed E-state index contributed by atoms with van der Waals surface area (Å²) in [5, 5.41) is 3.43. The number of ether oxygens (including phenoxy) is 1. The molecule has 0 aromatic heterocycles. The van der Waals surface area contributed by atoms with Crippen LogP contribution in [0.2, 0.25) is 5.02 Å². The molecule has 1 atom stereocenters. The van der Waals surface area contributed by atoms with Gasteiger partial charge in [0.05, 0.1) is 13.0 Å². The molecule has 2 aromatic rings. The molecule has 1 N–H and O–H groups in total. The number of benzene rings is 2. The zero-order valence-electron chi connectivity index (χ0n) is 13.2. The van der Waals surface area contributed by atoms with E-state index in [-0.39, 0.29) is 24.2 Å². The van der Waals surface area contributed by atoms with E-state index in [4.69, 9.17) is 16.3 Å². The summed E-state index contributed by atoms with van der Waals surface area (Å²) in [7, 11) is 1.58. The summed E-state index contributed by atoms with van der Waals surface area (Å²) in [5.41, 5.74) is 1.40. The number of methoxy groups -OCH3 is 1. The largest absolute Gasteiger partial charge is 0.497 e. The second-order valence-electron chi connectivity index (χ2n) is 5.60. The molecule has 1 heterocycles. The molecule has 0 saturated carbocycles. The lowest BCUT2D eigenvalue weighted by Gasteiger charge is -2.17. The fourth-order valence-electron chi connectivity index (χ4n) is 2.69. The lowest BCUT2D eigenvalue weighted by molar-refractivity contribution is -0.122. The summed E-state index contributed by atoms with van der Waals surface area (Å²) >= 11 is 5.83. The van der Waals surface area contributed by atoms with Gasteiger partial charge in [-0.25, -0.2) is 0 Å². The van der Waals surface area contributed by atoms with Gasteiger partial charge in [0, 0.05) is 35.4 Å². The van der Waals surface area contributed by atoms with E-state index in [9.17, 15) is 9.59 Å². The van der Waals surface area contributed by atoms with Crippen LogP contribution in [-0.2, 0) is 9.59 Å². The predicted molar refractivity (Wildman–Crippen MR) is 93.5 cm³/mol. The van der Waals surface area contributed by atoms with E-state index in [2.05, 4.69) is 5.32 Å². The number of carbonyl (C=O) groups excluding carboxylic acids is 2. The van der Waals surface area contributed by atoms with Crippen molar-refractivity contribution in [2.45, 2.75) is 6.42 Å². The van der Waals surface area contributed by atoms with Crippen molar-refractivity contribution in [1.29, 1.82) is 0 Å². The number of rotatable bonds is 4. The number of hydrogen-bond acceptors (Lipinski definition) is 3. The maximum Gasteiger partial charge on any atom is 0.229 e. The van der Waals surface area contributed by atoms with Crippen LogP contribution in [0, 0.1) is 5.92 Å². The summed E-state index contributed by atoms with van der Waals surface area (Å²) < 4.78 is 5.18. The number of carbonyl (C=O) groups is 2. The molecule has 2 amide bonds. The monoisotopic (exact) mass is 344 g/mol. The SMILES string of the molecule is COc1cccc(N2C[C@H](C(=O)Nc3ccc(Cl)cc3)CC2=O)c1. The van der Waals surface area contributed by atoms with Crippen molar-refractivity contribution in [3.05, 3.63) is 53.6 Å². The van der Waals surface area contributed by atoms with E-state index in [0.717, 1.165) is 5.69 Å². The van der Waals surface area contributed by atoms with E-state index in [0.29, 0.717) is 23.0 Å². The normalized spacial score (nSPS) is 17.0. The standard InChI is InChI=1S/C18H17ClN2O3/c1-24-16-4-2-3-15(10-16)21-11-12(9-17(21)22)18(23)20-14-7-5-13(19)6-8-14/h2-8,10,12H,9,11H2,1H3,(H,20,23)/t12-/m1/s1. The van der Waals surface area contributed by atoms with Crippen molar-refractivity contribution in [3.8, 4) is 5.75 Å². The van der Waals surface area contributed by atoms with Gasteiger partial charge in [-0.15, -0.1) is 0 Å². The number of amides is 2. The molecule has 2 aromatic carbocycles. The molecule has 1 aliphatic rings. The zero-order valence-corrected chi connectivity index (χ0v) is 13.9. The van der Waals surface area contributed by atoms with Gasteiger partial charge in [0.15, 0.2) is 0 Å². The molecule has 1 aliphatic heterocycles. The van der Waals surface area contributed by atoms with Crippen LogP contribution in [0.25, 0.3) is 0 Å². The second-order valence-corrected chi connectivity index (χ2v) is 6.04. The molecule has 0 aliphatic carbocycles. The Balaban J connectivity index is 1.69. The Bertz CT molecular complexity index is 761. The molecule has 5 nitrogen and oxygen atoms in total. The van der Waals surface area contributed by atoms with Gasteiger partial charge >= 0.3 is 0 Å². The topological polar surface area (TPSA) is 58.6 Å². The maximum absolute atomic E-state index is 12.4. The summed E-state index contributed by atoms with van der Waals surface area (Å²) in [6.07, 6.45) is 0.191. The molecule has 1 saturated heterocycles. The molecule has 0 unspecified atom stereocenters. The summed E-state index contributed by atoms with van der Waals surface area (Å²) in [4.78, 5) is 26.3. The highest BCUT2D eigenvalue weighted by Gasteiger charge is 2.35. The third-order valence-electron chi connectivity index (χ3n) is 3.97.